The molecule has 2 aromatic carbocycles. The Balaban J connectivity index is 1.77. The third-order valence-electron chi connectivity index (χ3n) is 4.22. The lowest BCUT2D eigenvalue weighted by molar-refractivity contribution is 0.0692. The van der Waals surface area contributed by atoms with E-state index in [1.807, 2.05) is 0 Å². The molecule has 0 aliphatic carbocycles. The van der Waals surface area contributed by atoms with Gasteiger partial charge in [-0.05, 0) is 24.3 Å². The minimum atomic E-state index is -3.95. The molecule has 0 atom stereocenters. The van der Waals surface area contributed by atoms with Gasteiger partial charge in [-0.3, -0.25) is 4.79 Å². The quantitative estimate of drug-likeness (QED) is 0.743. The second-order valence-electron chi connectivity index (χ2n) is 5.85. The highest BCUT2D eigenvalue weighted by Gasteiger charge is 2.33. The van der Waals surface area contributed by atoms with Gasteiger partial charge in [0, 0.05) is 26.2 Å². The van der Waals surface area contributed by atoms with Gasteiger partial charge in [-0.1, -0.05) is 35.3 Å². The van der Waals surface area contributed by atoms with E-state index in [1.165, 1.54) is 35.2 Å². The average molecular weight is 435 g/mol. The zero-order valence-corrected chi connectivity index (χ0v) is 16.2. The van der Waals surface area contributed by atoms with Gasteiger partial charge in [-0.2, -0.15) is 4.31 Å². The predicted octanol–water partition coefficient (Wildman–Crippen LogP) is 3.42. The summed E-state index contributed by atoms with van der Waals surface area (Å²) in [5, 5.41) is 0.00526. The lowest BCUT2D eigenvalue weighted by Gasteiger charge is -2.34. The van der Waals surface area contributed by atoms with Crippen LogP contribution in [0.4, 0.5) is 8.78 Å². The summed E-state index contributed by atoms with van der Waals surface area (Å²) in [6.45, 7) is 0.00525. The van der Waals surface area contributed by atoms with Crippen LogP contribution in [0.15, 0.2) is 41.3 Å². The highest BCUT2D eigenvalue weighted by atomic mass is 35.5. The SMILES string of the molecule is O=C(c1cccc(F)c1F)N1CCN(S(=O)(=O)c2c(Cl)cccc2Cl)CC1. The van der Waals surface area contributed by atoms with Crippen LogP contribution in [0.2, 0.25) is 10.0 Å². The molecule has 1 aliphatic heterocycles. The molecule has 27 heavy (non-hydrogen) atoms. The first-order valence-electron chi connectivity index (χ1n) is 7.91. The number of halogens is 4. The monoisotopic (exact) mass is 434 g/mol. The van der Waals surface area contributed by atoms with Gasteiger partial charge < -0.3 is 4.90 Å². The molecule has 1 amide bonds. The smallest absolute Gasteiger partial charge is 0.257 e. The molecule has 5 nitrogen and oxygen atoms in total. The standard InChI is InChI=1S/C17H14Cl2F2N2O3S/c18-12-4-2-5-13(19)16(12)27(25,26)23-9-7-22(8-10-23)17(24)11-3-1-6-14(20)15(11)21/h1-6H,7-10H2. The maximum atomic E-state index is 13.8. The van der Waals surface area contributed by atoms with E-state index in [4.69, 9.17) is 23.2 Å². The van der Waals surface area contributed by atoms with Crippen molar-refractivity contribution in [2.75, 3.05) is 26.2 Å². The number of hydrogen-bond donors (Lipinski definition) is 0. The van der Waals surface area contributed by atoms with Gasteiger partial charge in [0.1, 0.15) is 4.90 Å². The normalized spacial score (nSPS) is 15.8. The third kappa shape index (κ3) is 3.80. The molecule has 1 saturated heterocycles. The van der Waals surface area contributed by atoms with Crippen LogP contribution in [-0.2, 0) is 10.0 Å². The highest BCUT2D eigenvalue weighted by Crippen LogP contribution is 2.32. The summed E-state index contributed by atoms with van der Waals surface area (Å²) in [5.41, 5.74) is -0.388. The van der Waals surface area contributed by atoms with Crippen LogP contribution < -0.4 is 0 Å². The van der Waals surface area contributed by atoms with E-state index < -0.39 is 27.6 Å². The number of carbonyl (C=O) groups is 1. The fourth-order valence-electron chi connectivity index (χ4n) is 2.83. The Morgan fingerprint density at radius 1 is 0.926 bits per heavy atom. The molecule has 3 rings (SSSR count). The van der Waals surface area contributed by atoms with Crippen molar-refractivity contribution in [3.8, 4) is 0 Å². The molecular weight excluding hydrogens is 421 g/mol. The van der Waals surface area contributed by atoms with Crippen molar-refractivity contribution in [1.29, 1.82) is 0 Å². The molecule has 0 aromatic heterocycles. The number of amides is 1. The van der Waals surface area contributed by atoms with Gasteiger partial charge in [-0.25, -0.2) is 17.2 Å². The first kappa shape index (κ1) is 20.0. The maximum Gasteiger partial charge on any atom is 0.257 e. The summed E-state index contributed by atoms with van der Waals surface area (Å²) in [5.74, 6) is -3.03. The molecule has 0 radical (unpaired) electrons. The van der Waals surface area contributed by atoms with Crippen LogP contribution in [0.5, 0.6) is 0 Å². The second-order valence-corrected chi connectivity index (χ2v) is 8.54. The largest absolute Gasteiger partial charge is 0.336 e. The van der Waals surface area contributed by atoms with E-state index in [0.717, 1.165) is 10.4 Å². The number of sulfonamides is 1. The van der Waals surface area contributed by atoms with Crippen molar-refractivity contribution >= 4 is 39.1 Å². The third-order valence-corrected chi connectivity index (χ3v) is 7.08. The molecule has 0 spiro atoms. The zero-order valence-electron chi connectivity index (χ0n) is 13.8. The molecule has 0 unspecified atom stereocenters. The van der Waals surface area contributed by atoms with Crippen molar-refractivity contribution in [3.63, 3.8) is 0 Å². The summed E-state index contributed by atoms with van der Waals surface area (Å²) in [4.78, 5) is 13.5. The Morgan fingerprint density at radius 2 is 1.48 bits per heavy atom. The van der Waals surface area contributed by atoms with E-state index in [2.05, 4.69) is 0 Å². The zero-order chi connectivity index (χ0) is 19.8. The minimum absolute atomic E-state index is 0.00263. The lowest BCUT2D eigenvalue weighted by atomic mass is 10.1. The van der Waals surface area contributed by atoms with E-state index >= 15 is 0 Å². The van der Waals surface area contributed by atoms with Gasteiger partial charge >= 0.3 is 0 Å². The van der Waals surface area contributed by atoms with E-state index in [0.29, 0.717) is 0 Å². The molecule has 0 saturated carbocycles. The van der Waals surface area contributed by atoms with Crippen LogP contribution in [0, 0.1) is 11.6 Å². The number of benzene rings is 2. The van der Waals surface area contributed by atoms with E-state index in [9.17, 15) is 22.0 Å². The summed E-state index contributed by atoms with van der Waals surface area (Å²) in [7, 11) is -3.95. The van der Waals surface area contributed by atoms with Crippen LogP contribution in [0.1, 0.15) is 10.4 Å². The summed E-state index contributed by atoms with van der Waals surface area (Å²) in [6.07, 6.45) is 0. The second kappa shape index (κ2) is 7.71. The van der Waals surface area contributed by atoms with Crippen LogP contribution in [-0.4, -0.2) is 49.7 Å². The number of hydrogen-bond acceptors (Lipinski definition) is 3. The van der Waals surface area contributed by atoms with Crippen molar-refractivity contribution < 1.29 is 22.0 Å². The van der Waals surface area contributed by atoms with Gasteiger partial charge in [0.15, 0.2) is 11.6 Å². The Bertz CT molecular complexity index is 973. The number of nitrogens with zero attached hydrogens (tertiary/aromatic N) is 2. The first-order valence-corrected chi connectivity index (χ1v) is 10.1. The summed E-state index contributed by atoms with van der Waals surface area (Å²) in [6, 6.07) is 7.73. The molecule has 2 aromatic rings. The number of piperazine rings is 1. The first-order chi connectivity index (χ1) is 12.7. The van der Waals surface area contributed by atoms with Gasteiger partial charge in [-0.15, -0.1) is 0 Å². The predicted molar refractivity (Wildman–Crippen MR) is 97.5 cm³/mol. The molecule has 144 valence electrons. The van der Waals surface area contributed by atoms with Crippen molar-refractivity contribution in [2.45, 2.75) is 4.90 Å². The molecule has 10 heteroatoms. The molecule has 1 heterocycles. The topological polar surface area (TPSA) is 57.7 Å². The molecule has 0 N–H and O–H groups in total. The Hall–Kier alpha value is -1.74. The molecule has 1 aliphatic rings. The fourth-order valence-corrected chi connectivity index (χ4v) is 5.34. The Kier molecular flexibility index (Phi) is 5.71. The number of carbonyl (C=O) groups excluding carboxylic acids is 1. The molecule has 1 fully saturated rings. The lowest BCUT2D eigenvalue weighted by Crippen LogP contribution is -2.50. The van der Waals surface area contributed by atoms with Crippen LogP contribution >= 0.6 is 23.2 Å². The Labute approximate surface area is 165 Å². The average Bonchev–Trinajstić information content (AvgIpc) is 2.63. The maximum absolute atomic E-state index is 13.8. The molecular formula is C17H14Cl2F2N2O3S. The highest BCUT2D eigenvalue weighted by molar-refractivity contribution is 7.89. The summed E-state index contributed by atoms with van der Waals surface area (Å²) >= 11 is 12.0. The summed E-state index contributed by atoms with van der Waals surface area (Å²) < 4.78 is 54.0. The van der Waals surface area contributed by atoms with Crippen molar-refractivity contribution in [2.24, 2.45) is 0 Å². The van der Waals surface area contributed by atoms with Crippen molar-refractivity contribution in [3.05, 3.63) is 63.6 Å². The van der Waals surface area contributed by atoms with Crippen LogP contribution in [0.3, 0.4) is 0 Å². The van der Waals surface area contributed by atoms with E-state index in [-0.39, 0.29) is 46.7 Å². The van der Waals surface area contributed by atoms with Gasteiger partial charge in [0.05, 0.1) is 15.6 Å². The van der Waals surface area contributed by atoms with E-state index in [1.54, 1.807) is 0 Å². The Morgan fingerprint density at radius 3 is 2.07 bits per heavy atom. The van der Waals surface area contributed by atoms with Crippen LogP contribution in [0.25, 0.3) is 0 Å². The van der Waals surface area contributed by atoms with Gasteiger partial charge in [0.25, 0.3) is 5.91 Å². The fraction of sp³-hybridized carbons (Fsp3) is 0.235. The van der Waals surface area contributed by atoms with Gasteiger partial charge in [0.2, 0.25) is 10.0 Å². The minimum Gasteiger partial charge on any atom is -0.336 e. The number of rotatable bonds is 3. The molecule has 0 bridgehead atoms. The van der Waals surface area contributed by atoms with Crippen molar-refractivity contribution in [1.82, 2.24) is 9.21 Å².